The first kappa shape index (κ1) is 19.8. The van der Waals surface area contributed by atoms with E-state index < -0.39 is 0 Å². The molecule has 2 aromatic heterocycles. The molecule has 0 radical (unpaired) electrons. The van der Waals surface area contributed by atoms with Gasteiger partial charge in [-0.2, -0.15) is 0 Å². The van der Waals surface area contributed by atoms with Gasteiger partial charge in [-0.05, 0) is 37.8 Å². The van der Waals surface area contributed by atoms with Gasteiger partial charge in [-0.1, -0.05) is 30.3 Å². The van der Waals surface area contributed by atoms with Crippen molar-refractivity contribution in [3.63, 3.8) is 0 Å². The van der Waals surface area contributed by atoms with Crippen molar-refractivity contribution in [2.45, 2.75) is 39.8 Å². The minimum atomic E-state index is -0.0886. The highest BCUT2D eigenvalue weighted by molar-refractivity contribution is 5.88. The molecular formula is C21H27N5O2. The van der Waals surface area contributed by atoms with Gasteiger partial charge in [-0.15, -0.1) is 0 Å². The number of carbonyl (C=O) groups excluding carboxylic acids is 1. The Kier molecular flexibility index (Phi) is 6.60. The number of ether oxygens (including phenoxy) is 1. The second-order valence-corrected chi connectivity index (χ2v) is 6.88. The molecule has 0 saturated heterocycles. The number of nitrogens with two attached hydrogens (primary N) is 1. The lowest BCUT2D eigenvalue weighted by Gasteiger charge is -2.09. The first-order chi connectivity index (χ1) is 13.6. The lowest BCUT2D eigenvalue weighted by Crippen LogP contribution is -2.28. The van der Waals surface area contributed by atoms with Crippen LogP contribution in [0.25, 0.3) is 11.0 Å². The summed E-state index contributed by atoms with van der Waals surface area (Å²) < 4.78 is 7.55. The van der Waals surface area contributed by atoms with E-state index in [0.717, 1.165) is 47.2 Å². The van der Waals surface area contributed by atoms with Gasteiger partial charge in [0.05, 0.1) is 18.5 Å². The van der Waals surface area contributed by atoms with Gasteiger partial charge in [0.2, 0.25) is 5.91 Å². The van der Waals surface area contributed by atoms with Crippen LogP contribution in [-0.2, 0) is 22.7 Å². The SMILES string of the molecule is Cc1nc(N)c2ncn(CCCCNC(=O)COCc3ccccc3)c2c1C. The number of aryl methyl sites for hydroxylation is 3. The number of nitrogens with zero attached hydrogens (tertiary/aromatic N) is 3. The molecule has 148 valence electrons. The fourth-order valence-electron chi connectivity index (χ4n) is 3.14. The van der Waals surface area contributed by atoms with Crippen LogP contribution in [-0.4, -0.2) is 33.6 Å². The lowest BCUT2D eigenvalue weighted by atomic mass is 10.2. The van der Waals surface area contributed by atoms with Crippen LogP contribution in [0.5, 0.6) is 0 Å². The molecule has 3 N–H and O–H groups in total. The maximum absolute atomic E-state index is 11.8. The fraction of sp³-hybridized carbons (Fsp3) is 0.381. The molecular weight excluding hydrogens is 354 g/mol. The number of anilines is 1. The van der Waals surface area contributed by atoms with Crippen molar-refractivity contribution in [2.24, 2.45) is 0 Å². The lowest BCUT2D eigenvalue weighted by molar-refractivity contribution is -0.126. The van der Waals surface area contributed by atoms with Crippen molar-refractivity contribution in [3.8, 4) is 0 Å². The minimum Gasteiger partial charge on any atom is -0.382 e. The summed E-state index contributed by atoms with van der Waals surface area (Å²) in [4.78, 5) is 20.6. The number of imidazole rings is 1. The van der Waals surface area contributed by atoms with E-state index >= 15 is 0 Å². The van der Waals surface area contributed by atoms with Gasteiger partial charge in [0.25, 0.3) is 0 Å². The molecule has 0 saturated carbocycles. The Labute approximate surface area is 164 Å². The number of carbonyl (C=O) groups is 1. The van der Waals surface area contributed by atoms with Gasteiger partial charge < -0.3 is 20.4 Å². The van der Waals surface area contributed by atoms with E-state index in [1.165, 1.54) is 0 Å². The van der Waals surface area contributed by atoms with Crippen LogP contribution in [0.3, 0.4) is 0 Å². The van der Waals surface area contributed by atoms with Crippen LogP contribution in [0.15, 0.2) is 36.7 Å². The quantitative estimate of drug-likeness (QED) is 0.556. The molecule has 7 nitrogen and oxygen atoms in total. The standard InChI is InChI=1S/C21H27N5O2/c1-15-16(2)25-21(22)19-20(15)26(14-24-19)11-7-6-10-23-18(27)13-28-12-17-8-4-3-5-9-17/h3-5,8-9,14H,6-7,10-13H2,1-2H3,(H2,22,25)(H,23,27). The number of hydrogen-bond acceptors (Lipinski definition) is 5. The number of aromatic nitrogens is 3. The van der Waals surface area contributed by atoms with Crippen LogP contribution in [0.2, 0.25) is 0 Å². The van der Waals surface area contributed by atoms with E-state index in [-0.39, 0.29) is 12.5 Å². The first-order valence-corrected chi connectivity index (χ1v) is 9.52. The predicted octanol–water partition coefficient (Wildman–Crippen LogP) is 2.74. The summed E-state index contributed by atoms with van der Waals surface area (Å²) >= 11 is 0. The Morgan fingerprint density at radius 2 is 2.00 bits per heavy atom. The van der Waals surface area contributed by atoms with Gasteiger partial charge in [-0.25, -0.2) is 9.97 Å². The molecule has 0 atom stereocenters. The summed E-state index contributed by atoms with van der Waals surface area (Å²) in [6, 6.07) is 9.82. The number of unbranched alkanes of at least 4 members (excludes halogenated alkanes) is 1. The second-order valence-electron chi connectivity index (χ2n) is 6.88. The average molecular weight is 381 g/mol. The highest BCUT2D eigenvalue weighted by Gasteiger charge is 2.12. The number of hydrogen-bond donors (Lipinski definition) is 2. The van der Waals surface area contributed by atoms with E-state index in [0.29, 0.717) is 19.0 Å². The van der Waals surface area contributed by atoms with Crippen LogP contribution in [0.1, 0.15) is 29.7 Å². The molecule has 0 aliphatic carbocycles. The third-order valence-electron chi connectivity index (χ3n) is 4.76. The molecule has 0 fully saturated rings. The summed E-state index contributed by atoms with van der Waals surface area (Å²) in [5.74, 6) is 0.383. The summed E-state index contributed by atoms with van der Waals surface area (Å²) in [5.41, 5.74) is 10.9. The topological polar surface area (TPSA) is 95.1 Å². The van der Waals surface area contributed by atoms with Gasteiger partial charge in [-0.3, -0.25) is 4.79 Å². The van der Waals surface area contributed by atoms with Gasteiger partial charge >= 0.3 is 0 Å². The highest BCUT2D eigenvalue weighted by atomic mass is 16.5. The molecule has 3 aromatic rings. The van der Waals surface area contributed by atoms with Crippen LogP contribution >= 0.6 is 0 Å². The number of benzene rings is 1. The number of nitrogen functional groups attached to an aromatic ring is 1. The molecule has 1 aromatic carbocycles. The fourth-order valence-corrected chi connectivity index (χ4v) is 3.14. The number of rotatable bonds is 9. The molecule has 2 heterocycles. The normalized spacial score (nSPS) is 11.1. The Bertz CT molecular complexity index is 937. The largest absolute Gasteiger partial charge is 0.382 e. The van der Waals surface area contributed by atoms with Gasteiger partial charge in [0, 0.05) is 18.8 Å². The molecule has 1 amide bonds. The highest BCUT2D eigenvalue weighted by Crippen LogP contribution is 2.24. The molecule has 0 aliphatic heterocycles. The molecule has 7 heteroatoms. The summed E-state index contributed by atoms with van der Waals surface area (Å²) in [5, 5.41) is 2.90. The first-order valence-electron chi connectivity index (χ1n) is 9.52. The third kappa shape index (κ3) is 4.86. The minimum absolute atomic E-state index is 0.0752. The van der Waals surface area contributed by atoms with Crippen molar-refractivity contribution in [1.29, 1.82) is 0 Å². The van der Waals surface area contributed by atoms with Crippen molar-refractivity contribution in [1.82, 2.24) is 19.9 Å². The van der Waals surface area contributed by atoms with Gasteiger partial charge in [0.1, 0.15) is 12.1 Å². The molecule has 0 bridgehead atoms. The third-order valence-corrected chi connectivity index (χ3v) is 4.76. The smallest absolute Gasteiger partial charge is 0.246 e. The van der Waals surface area contributed by atoms with Crippen molar-refractivity contribution in [2.75, 3.05) is 18.9 Å². The van der Waals surface area contributed by atoms with Crippen molar-refractivity contribution in [3.05, 3.63) is 53.5 Å². The van der Waals surface area contributed by atoms with E-state index in [4.69, 9.17) is 10.5 Å². The zero-order valence-corrected chi connectivity index (χ0v) is 16.4. The Morgan fingerprint density at radius 1 is 1.21 bits per heavy atom. The average Bonchev–Trinajstić information content (AvgIpc) is 3.11. The predicted molar refractivity (Wildman–Crippen MR) is 110 cm³/mol. The molecule has 0 spiro atoms. The second kappa shape index (κ2) is 9.32. The summed E-state index contributed by atoms with van der Waals surface area (Å²) in [6.45, 7) is 5.96. The maximum atomic E-state index is 11.8. The zero-order chi connectivity index (χ0) is 19.9. The summed E-state index contributed by atoms with van der Waals surface area (Å²) in [6.07, 6.45) is 3.62. The molecule has 0 aliphatic rings. The van der Waals surface area contributed by atoms with Crippen LogP contribution in [0, 0.1) is 13.8 Å². The van der Waals surface area contributed by atoms with Crippen LogP contribution < -0.4 is 11.1 Å². The number of amides is 1. The number of fused-ring (bicyclic) bond motifs is 1. The molecule has 0 unspecified atom stereocenters. The Hall–Kier alpha value is -2.93. The van der Waals surface area contributed by atoms with E-state index in [1.54, 1.807) is 0 Å². The van der Waals surface area contributed by atoms with E-state index in [9.17, 15) is 4.79 Å². The summed E-state index contributed by atoms with van der Waals surface area (Å²) in [7, 11) is 0. The van der Waals surface area contributed by atoms with Crippen molar-refractivity contribution >= 4 is 22.8 Å². The van der Waals surface area contributed by atoms with Crippen LogP contribution in [0.4, 0.5) is 5.82 Å². The van der Waals surface area contributed by atoms with Crippen molar-refractivity contribution < 1.29 is 9.53 Å². The Balaban J connectivity index is 1.38. The zero-order valence-electron chi connectivity index (χ0n) is 16.4. The number of pyridine rings is 1. The Morgan fingerprint density at radius 3 is 2.79 bits per heavy atom. The van der Waals surface area contributed by atoms with E-state index in [1.807, 2.05) is 50.5 Å². The molecule has 28 heavy (non-hydrogen) atoms. The molecule has 3 rings (SSSR count). The van der Waals surface area contributed by atoms with E-state index in [2.05, 4.69) is 19.9 Å². The van der Waals surface area contributed by atoms with Gasteiger partial charge in [0.15, 0.2) is 5.82 Å². The monoisotopic (exact) mass is 381 g/mol. The number of nitrogens with one attached hydrogen (secondary N) is 1. The maximum Gasteiger partial charge on any atom is 0.246 e.